The van der Waals surface area contributed by atoms with Crippen LogP contribution in [0.1, 0.15) is 21.9 Å². The molecule has 0 unspecified atom stereocenters. The molecule has 2 aromatic carbocycles. The molecule has 0 aliphatic carbocycles. The third-order valence-corrected chi connectivity index (χ3v) is 4.55. The summed E-state index contributed by atoms with van der Waals surface area (Å²) in [7, 11) is 1.79. The average Bonchev–Trinajstić information content (AvgIpc) is 3.11. The summed E-state index contributed by atoms with van der Waals surface area (Å²) in [6.45, 7) is 2.32. The van der Waals surface area contributed by atoms with Crippen molar-refractivity contribution in [2.45, 2.75) is 13.5 Å². The Morgan fingerprint density at radius 2 is 1.74 bits per heavy atom. The molecule has 4 nitrogen and oxygen atoms in total. The number of benzene rings is 2. The van der Waals surface area contributed by atoms with E-state index in [2.05, 4.69) is 0 Å². The molecule has 4 aromatic rings. The van der Waals surface area contributed by atoms with Crippen LogP contribution >= 0.6 is 0 Å². The second-order valence-electron chi connectivity index (χ2n) is 6.61. The van der Waals surface area contributed by atoms with Crippen molar-refractivity contribution in [3.63, 3.8) is 0 Å². The van der Waals surface area contributed by atoms with Crippen LogP contribution in [0.15, 0.2) is 77.2 Å². The van der Waals surface area contributed by atoms with Crippen molar-refractivity contribution in [3.8, 4) is 11.3 Å². The van der Waals surface area contributed by atoms with Crippen molar-refractivity contribution >= 4 is 16.8 Å². The van der Waals surface area contributed by atoms with Crippen LogP contribution < -0.4 is 0 Å². The number of furan rings is 1. The Balaban J connectivity index is 1.76. The SMILES string of the molecule is Cc1ccc(CN(C)C(=O)c2cc(-c3ccccc3)nc3ccccc23)o1. The van der Waals surface area contributed by atoms with E-state index in [0.29, 0.717) is 12.1 Å². The van der Waals surface area contributed by atoms with E-state index in [1.165, 1.54) is 0 Å². The summed E-state index contributed by atoms with van der Waals surface area (Å²) < 4.78 is 5.61. The molecule has 2 aromatic heterocycles. The van der Waals surface area contributed by atoms with E-state index in [0.717, 1.165) is 33.7 Å². The van der Waals surface area contributed by atoms with Crippen molar-refractivity contribution in [2.24, 2.45) is 0 Å². The minimum atomic E-state index is -0.0557. The van der Waals surface area contributed by atoms with Gasteiger partial charge in [0, 0.05) is 18.0 Å². The zero-order valence-electron chi connectivity index (χ0n) is 15.3. The molecule has 4 rings (SSSR count). The van der Waals surface area contributed by atoms with Gasteiger partial charge in [0.05, 0.1) is 23.3 Å². The summed E-state index contributed by atoms with van der Waals surface area (Å²) in [6, 6.07) is 23.3. The zero-order chi connectivity index (χ0) is 18.8. The molecule has 0 aliphatic rings. The Bertz CT molecular complexity index is 1100. The van der Waals surface area contributed by atoms with Crippen LogP contribution in [0.25, 0.3) is 22.2 Å². The summed E-state index contributed by atoms with van der Waals surface area (Å²) in [5, 5.41) is 0.852. The predicted molar refractivity (Wildman–Crippen MR) is 106 cm³/mol. The number of amides is 1. The normalized spacial score (nSPS) is 10.9. The molecule has 0 saturated heterocycles. The van der Waals surface area contributed by atoms with E-state index >= 15 is 0 Å². The monoisotopic (exact) mass is 356 g/mol. The lowest BCUT2D eigenvalue weighted by atomic mass is 10.0. The molecule has 0 aliphatic heterocycles. The van der Waals surface area contributed by atoms with E-state index in [-0.39, 0.29) is 5.91 Å². The van der Waals surface area contributed by atoms with E-state index in [1.807, 2.05) is 79.7 Å². The number of para-hydroxylation sites is 1. The molecule has 27 heavy (non-hydrogen) atoms. The molecule has 0 radical (unpaired) electrons. The molecular weight excluding hydrogens is 336 g/mol. The van der Waals surface area contributed by atoms with E-state index in [1.54, 1.807) is 11.9 Å². The van der Waals surface area contributed by atoms with E-state index in [9.17, 15) is 4.79 Å². The molecule has 0 saturated carbocycles. The van der Waals surface area contributed by atoms with Gasteiger partial charge in [-0.05, 0) is 31.2 Å². The van der Waals surface area contributed by atoms with Gasteiger partial charge in [-0.1, -0.05) is 48.5 Å². The van der Waals surface area contributed by atoms with Gasteiger partial charge >= 0.3 is 0 Å². The van der Waals surface area contributed by atoms with Gasteiger partial charge in [0.2, 0.25) is 0 Å². The minimum Gasteiger partial charge on any atom is -0.464 e. The van der Waals surface area contributed by atoms with Crippen LogP contribution in [0, 0.1) is 6.92 Å². The third-order valence-electron chi connectivity index (χ3n) is 4.55. The fraction of sp³-hybridized carbons (Fsp3) is 0.130. The average molecular weight is 356 g/mol. The number of aryl methyl sites for hydroxylation is 1. The van der Waals surface area contributed by atoms with Gasteiger partial charge in [0.25, 0.3) is 5.91 Å². The molecule has 4 heteroatoms. The van der Waals surface area contributed by atoms with Crippen LogP contribution in [0.2, 0.25) is 0 Å². The highest BCUT2D eigenvalue weighted by molar-refractivity contribution is 6.07. The van der Waals surface area contributed by atoms with Crippen LogP contribution in [-0.2, 0) is 6.54 Å². The van der Waals surface area contributed by atoms with Gasteiger partial charge in [0.15, 0.2) is 0 Å². The lowest BCUT2D eigenvalue weighted by Crippen LogP contribution is -2.26. The van der Waals surface area contributed by atoms with Crippen molar-refractivity contribution in [3.05, 3.63) is 89.9 Å². The maximum atomic E-state index is 13.2. The molecule has 2 heterocycles. The first-order valence-corrected chi connectivity index (χ1v) is 8.88. The first-order valence-electron chi connectivity index (χ1n) is 8.88. The summed E-state index contributed by atoms with van der Waals surface area (Å²) >= 11 is 0. The molecule has 0 bridgehead atoms. The maximum Gasteiger partial charge on any atom is 0.254 e. The zero-order valence-corrected chi connectivity index (χ0v) is 15.3. The van der Waals surface area contributed by atoms with Gasteiger partial charge in [-0.25, -0.2) is 4.98 Å². The molecule has 1 amide bonds. The van der Waals surface area contributed by atoms with Crippen molar-refractivity contribution in [1.29, 1.82) is 0 Å². The predicted octanol–water partition coefficient (Wildman–Crippen LogP) is 5.08. The Morgan fingerprint density at radius 1 is 1.00 bits per heavy atom. The number of pyridine rings is 1. The number of hydrogen-bond acceptors (Lipinski definition) is 3. The highest BCUT2D eigenvalue weighted by Gasteiger charge is 2.18. The molecule has 0 N–H and O–H groups in total. The number of rotatable bonds is 4. The lowest BCUT2D eigenvalue weighted by molar-refractivity contribution is 0.0777. The Labute approximate surface area is 158 Å². The molecular formula is C23H20N2O2. The van der Waals surface area contributed by atoms with Crippen LogP contribution in [0.4, 0.5) is 0 Å². The Morgan fingerprint density at radius 3 is 2.48 bits per heavy atom. The minimum absolute atomic E-state index is 0.0557. The van der Waals surface area contributed by atoms with Crippen LogP contribution in [0.5, 0.6) is 0 Å². The fourth-order valence-electron chi connectivity index (χ4n) is 3.19. The van der Waals surface area contributed by atoms with Crippen LogP contribution in [0.3, 0.4) is 0 Å². The Hall–Kier alpha value is -3.40. The summed E-state index contributed by atoms with van der Waals surface area (Å²) in [5.41, 5.74) is 3.23. The Kier molecular flexibility index (Phi) is 4.47. The van der Waals surface area contributed by atoms with Gasteiger partial charge in [0.1, 0.15) is 11.5 Å². The van der Waals surface area contributed by atoms with Gasteiger partial charge < -0.3 is 9.32 Å². The van der Waals surface area contributed by atoms with Crippen molar-refractivity contribution < 1.29 is 9.21 Å². The van der Waals surface area contributed by atoms with Crippen molar-refractivity contribution in [2.75, 3.05) is 7.05 Å². The standard InChI is InChI=1S/C23H20N2O2/c1-16-12-13-18(27-16)15-25(2)23(26)20-14-22(17-8-4-3-5-9-17)24-21-11-7-6-10-19(20)21/h3-14H,15H2,1-2H3. The topological polar surface area (TPSA) is 46.3 Å². The van der Waals surface area contributed by atoms with Gasteiger partial charge in [-0.3, -0.25) is 4.79 Å². The van der Waals surface area contributed by atoms with E-state index in [4.69, 9.17) is 9.40 Å². The maximum absolute atomic E-state index is 13.2. The first kappa shape index (κ1) is 17.0. The molecule has 0 spiro atoms. The number of hydrogen-bond donors (Lipinski definition) is 0. The van der Waals surface area contributed by atoms with Crippen LogP contribution in [-0.4, -0.2) is 22.8 Å². The number of carbonyl (C=O) groups is 1. The second kappa shape index (κ2) is 7.08. The number of fused-ring (bicyclic) bond motifs is 1. The van der Waals surface area contributed by atoms with Crippen molar-refractivity contribution in [1.82, 2.24) is 9.88 Å². The largest absolute Gasteiger partial charge is 0.464 e. The van der Waals surface area contributed by atoms with Gasteiger partial charge in [-0.15, -0.1) is 0 Å². The third kappa shape index (κ3) is 3.47. The lowest BCUT2D eigenvalue weighted by Gasteiger charge is -2.18. The van der Waals surface area contributed by atoms with Gasteiger partial charge in [-0.2, -0.15) is 0 Å². The van der Waals surface area contributed by atoms with E-state index < -0.39 is 0 Å². The second-order valence-corrected chi connectivity index (χ2v) is 6.61. The fourth-order valence-corrected chi connectivity index (χ4v) is 3.19. The number of aromatic nitrogens is 1. The quantitative estimate of drug-likeness (QED) is 0.512. The molecule has 0 atom stereocenters. The molecule has 0 fully saturated rings. The molecule has 134 valence electrons. The summed E-state index contributed by atoms with van der Waals surface area (Å²) in [4.78, 5) is 19.6. The number of carbonyl (C=O) groups excluding carboxylic acids is 1. The number of nitrogens with zero attached hydrogens (tertiary/aromatic N) is 2. The highest BCUT2D eigenvalue weighted by atomic mass is 16.3. The first-order chi connectivity index (χ1) is 13.1. The summed E-state index contributed by atoms with van der Waals surface area (Å²) in [5.74, 6) is 1.55. The highest BCUT2D eigenvalue weighted by Crippen LogP contribution is 2.26. The summed E-state index contributed by atoms with van der Waals surface area (Å²) in [6.07, 6.45) is 0. The smallest absolute Gasteiger partial charge is 0.254 e.